The first-order valence-electron chi connectivity index (χ1n) is 8.06. The lowest BCUT2D eigenvalue weighted by atomic mass is 10.0. The van der Waals surface area contributed by atoms with Gasteiger partial charge in [-0.05, 0) is 17.5 Å². The molecule has 3 rings (SSSR count). The number of benzene rings is 1. The van der Waals surface area contributed by atoms with Gasteiger partial charge in [0, 0.05) is 12.1 Å². The van der Waals surface area contributed by atoms with Gasteiger partial charge in [0.05, 0.1) is 13.3 Å². The van der Waals surface area contributed by atoms with Gasteiger partial charge in [0.15, 0.2) is 11.6 Å². The predicted octanol–water partition coefficient (Wildman–Crippen LogP) is 2.10. The predicted molar refractivity (Wildman–Crippen MR) is 92.2 cm³/mol. The van der Waals surface area contributed by atoms with Crippen LogP contribution in [0.15, 0.2) is 36.8 Å². The highest BCUT2D eigenvalue weighted by Crippen LogP contribution is 2.28. The van der Waals surface area contributed by atoms with Gasteiger partial charge >= 0.3 is 0 Å². The number of fused-ring (bicyclic) bond motifs is 1. The topological polar surface area (TPSA) is 84.4 Å². The summed E-state index contributed by atoms with van der Waals surface area (Å²) < 4.78 is 5.16. The zero-order valence-electron chi connectivity index (χ0n) is 14.4. The van der Waals surface area contributed by atoms with Crippen molar-refractivity contribution in [1.82, 2.24) is 14.9 Å². The van der Waals surface area contributed by atoms with E-state index in [1.807, 2.05) is 32.0 Å². The van der Waals surface area contributed by atoms with Crippen molar-refractivity contribution in [1.29, 1.82) is 0 Å². The molecule has 7 nitrogen and oxygen atoms in total. The molecule has 2 aromatic rings. The third-order valence-electron chi connectivity index (χ3n) is 4.23. The van der Waals surface area contributed by atoms with Crippen LogP contribution in [0.1, 0.15) is 29.8 Å². The van der Waals surface area contributed by atoms with Gasteiger partial charge in [-0.3, -0.25) is 9.59 Å². The number of methoxy groups -OCH3 is 1. The van der Waals surface area contributed by atoms with Gasteiger partial charge in [-0.15, -0.1) is 0 Å². The molecule has 7 heteroatoms. The number of anilines is 1. The average Bonchev–Trinajstić information content (AvgIpc) is 2.92. The van der Waals surface area contributed by atoms with Crippen molar-refractivity contribution in [3.63, 3.8) is 0 Å². The van der Waals surface area contributed by atoms with E-state index in [9.17, 15) is 9.59 Å². The van der Waals surface area contributed by atoms with Crippen LogP contribution in [0.3, 0.4) is 0 Å². The first kappa shape index (κ1) is 16.9. The second-order valence-corrected chi connectivity index (χ2v) is 6.21. The van der Waals surface area contributed by atoms with Gasteiger partial charge < -0.3 is 15.0 Å². The number of rotatable bonds is 5. The number of carbonyl (C=O) groups excluding carboxylic acids is 2. The van der Waals surface area contributed by atoms with Gasteiger partial charge in [0.1, 0.15) is 12.4 Å². The molecule has 0 fully saturated rings. The second-order valence-electron chi connectivity index (χ2n) is 6.21. The number of hydrogen-bond donors (Lipinski definition) is 1. The lowest BCUT2D eigenvalue weighted by molar-refractivity contribution is -0.122. The molecule has 1 aromatic carbocycles. The Morgan fingerprint density at radius 1 is 1.32 bits per heavy atom. The van der Waals surface area contributed by atoms with Crippen LogP contribution in [0.5, 0.6) is 5.75 Å². The summed E-state index contributed by atoms with van der Waals surface area (Å²) in [6, 6.07) is 6.82. The number of nitrogens with zero attached hydrogens (tertiary/aromatic N) is 3. The molecule has 1 aliphatic heterocycles. The van der Waals surface area contributed by atoms with Gasteiger partial charge in [0.25, 0.3) is 5.91 Å². The second kappa shape index (κ2) is 6.88. The van der Waals surface area contributed by atoms with Gasteiger partial charge in [0.2, 0.25) is 5.91 Å². The Balaban J connectivity index is 1.85. The summed E-state index contributed by atoms with van der Waals surface area (Å²) in [6.07, 6.45) is 2.81. The molecule has 0 saturated heterocycles. The maximum atomic E-state index is 12.9. The summed E-state index contributed by atoms with van der Waals surface area (Å²) in [4.78, 5) is 35.1. The molecular weight excluding hydrogens is 320 g/mol. The van der Waals surface area contributed by atoms with E-state index in [-0.39, 0.29) is 23.6 Å². The molecule has 1 aliphatic rings. The lowest BCUT2D eigenvalue weighted by Crippen LogP contribution is -2.47. The molecule has 2 amide bonds. The van der Waals surface area contributed by atoms with Crippen LogP contribution >= 0.6 is 0 Å². The Bertz CT molecular complexity index is 806. The summed E-state index contributed by atoms with van der Waals surface area (Å²) in [5.74, 6) is 0.171. The van der Waals surface area contributed by atoms with Crippen LogP contribution in [0.25, 0.3) is 0 Å². The number of aromatic nitrogens is 2. The first-order chi connectivity index (χ1) is 12.0. The number of carbonyl (C=O) groups is 2. The molecule has 0 bridgehead atoms. The van der Waals surface area contributed by atoms with Crippen LogP contribution in [0, 0.1) is 5.92 Å². The molecule has 0 spiro atoms. The number of ether oxygens (including phenoxy) is 1. The molecule has 0 saturated carbocycles. The van der Waals surface area contributed by atoms with Crippen molar-refractivity contribution in [3.05, 3.63) is 47.9 Å². The zero-order valence-corrected chi connectivity index (χ0v) is 14.4. The van der Waals surface area contributed by atoms with E-state index in [1.165, 1.54) is 19.6 Å². The highest BCUT2D eigenvalue weighted by Gasteiger charge is 2.38. The summed E-state index contributed by atoms with van der Waals surface area (Å²) in [5, 5.41) is 2.76. The summed E-state index contributed by atoms with van der Waals surface area (Å²) >= 11 is 0. The lowest BCUT2D eigenvalue weighted by Gasteiger charge is -2.29. The van der Waals surface area contributed by atoms with Gasteiger partial charge in [-0.1, -0.05) is 32.0 Å². The fourth-order valence-electron chi connectivity index (χ4n) is 3.06. The molecule has 130 valence electrons. The Morgan fingerprint density at radius 2 is 2.08 bits per heavy atom. The SMILES string of the molecule is COc1cncnc1NC(=O)[C@@H](C(C)C)N1Cc2ccccc2C1=O. The standard InChI is InChI=1S/C18H20N4O3/c1-11(2)15(17(23)21-16-14(25-3)8-19-10-20-16)22-9-12-6-4-5-7-13(12)18(22)24/h4-8,10-11,15H,9H2,1-3H3,(H,19,20,21,23)/t15-/m1/s1. The van der Waals surface area contributed by atoms with Crippen molar-refractivity contribution in [2.24, 2.45) is 5.92 Å². The van der Waals surface area contributed by atoms with Crippen LogP contribution in [-0.2, 0) is 11.3 Å². The smallest absolute Gasteiger partial charge is 0.255 e. The minimum absolute atomic E-state index is 0.0638. The Hall–Kier alpha value is -2.96. The monoisotopic (exact) mass is 340 g/mol. The highest BCUT2D eigenvalue weighted by atomic mass is 16.5. The minimum atomic E-state index is -0.612. The quantitative estimate of drug-likeness (QED) is 0.901. The van der Waals surface area contributed by atoms with E-state index in [0.29, 0.717) is 17.9 Å². The van der Waals surface area contributed by atoms with Crippen molar-refractivity contribution >= 4 is 17.6 Å². The van der Waals surface area contributed by atoms with Gasteiger partial charge in [-0.25, -0.2) is 9.97 Å². The molecule has 0 unspecified atom stereocenters. The Kier molecular flexibility index (Phi) is 4.65. The Labute approximate surface area is 146 Å². The van der Waals surface area contributed by atoms with Crippen LogP contribution in [-0.4, -0.2) is 39.8 Å². The molecule has 0 aliphatic carbocycles. The third-order valence-corrected chi connectivity index (χ3v) is 4.23. The molecule has 1 N–H and O–H groups in total. The fourth-order valence-corrected chi connectivity index (χ4v) is 3.06. The molecule has 1 aromatic heterocycles. The summed E-state index contributed by atoms with van der Waals surface area (Å²) in [6.45, 7) is 4.25. The van der Waals surface area contributed by atoms with Crippen molar-refractivity contribution in [3.8, 4) is 5.75 Å². The van der Waals surface area contributed by atoms with Crippen LogP contribution in [0.4, 0.5) is 5.82 Å². The number of amides is 2. The van der Waals surface area contributed by atoms with Crippen LogP contribution in [0.2, 0.25) is 0 Å². The maximum Gasteiger partial charge on any atom is 0.255 e. The van der Waals surface area contributed by atoms with Crippen LogP contribution < -0.4 is 10.1 Å². The highest BCUT2D eigenvalue weighted by molar-refractivity contribution is 6.03. The molecule has 0 radical (unpaired) electrons. The Morgan fingerprint density at radius 3 is 2.76 bits per heavy atom. The maximum absolute atomic E-state index is 12.9. The van der Waals surface area contributed by atoms with E-state index in [2.05, 4.69) is 15.3 Å². The van der Waals surface area contributed by atoms with E-state index in [0.717, 1.165) is 5.56 Å². The number of hydrogen-bond acceptors (Lipinski definition) is 5. The minimum Gasteiger partial charge on any atom is -0.491 e. The van der Waals surface area contributed by atoms with E-state index in [4.69, 9.17) is 4.74 Å². The fraction of sp³-hybridized carbons (Fsp3) is 0.333. The van der Waals surface area contributed by atoms with Crippen molar-refractivity contribution < 1.29 is 14.3 Å². The summed E-state index contributed by atoms with van der Waals surface area (Å²) in [5.41, 5.74) is 1.59. The van der Waals surface area contributed by atoms with Crippen molar-refractivity contribution in [2.45, 2.75) is 26.4 Å². The third kappa shape index (κ3) is 3.17. The van der Waals surface area contributed by atoms with E-state index in [1.54, 1.807) is 11.0 Å². The summed E-state index contributed by atoms with van der Waals surface area (Å²) in [7, 11) is 1.48. The molecule has 1 atom stereocenters. The average molecular weight is 340 g/mol. The van der Waals surface area contributed by atoms with E-state index < -0.39 is 6.04 Å². The molecular formula is C18H20N4O3. The van der Waals surface area contributed by atoms with Crippen molar-refractivity contribution in [2.75, 3.05) is 12.4 Å². The molecule has 2 heterocycles. The zero-order chi connectivity index (χ0) is 18.0. The van der Waals surface area contributed by atoms with E-state index >= 15 is 0 Å². The normalized spacial score (nSPS) is 14.4. The first-order valence-corrected chi connectivity index (χ1v) is 8.06. The molecule has 25 heavy (non-hydrogen) atoms. The number of nitrogens with one attached hydrogen (secondary N) is 1. The largest absolute Gasteiger partial charge is 0.491 e. The van der Waals surface area contributed by atoms with Gasteiger partial charge in [-0.2, -0.15) is 0 Å².